The molecule has 7 nitrogen and oxygen atoms in total. The molecule has 110 valence electrons. The minimum absolute atomic E-state index is 0.122. The lowest BCUT2D eigenvalue weighted by Crippen LogP contribution is -2.09. The van der Waals surface area contributed by atoms with Crippen LogP contribution in [0.1, 0.15) is 11.3 Å². The molecule has 0 aliphatic rings. The second kappa shape index (κ2) is 6.36. The van der Waals surface area contributed by atoms with Crippen LogP contribution < -0.4 is 10.6 Å². The third-order valence-corrected chi connectivity index (χ3v) is 3.09. The van der Waals surface area contributed by atoms with E-state index in [-0.39, 0.29) is 11.5 Å². The predicted octanol–water partition coefficient (Wildman–Crippen LogP) is 3.00. The molecular weight excluding hydrogens is 294 g/mol. The van der Waals surface area contributed by atoms with Crippen molar-refractivity contribution in [1.29, 1.82) is 0 Å². The summed E-state index contributed by atoms with van der Waals surface area (Å²) < 4.78 is 0. The van der Waals surface area contributed by atoms with Gasteiger partial charge in [0, 0.05) is 18.6 Å². The lowest BCUT2D eigenvalue weighted by atomic mass is 10.2. The van der Waals surface area contributed by atoms with Gasteiger partial charge in [0.2, 0.25) is 11.8 Å². The minimum atomic E-state index is -0.487. The normalized spacial score (nSPS) is 10.2. The molecule has 0 bridgehead atoms. The van der Waals surface area contributed by atoms with Gasteiger partial charge in [0.15, 0.2) is 0 Å². The first-order chi connectivity index (χ1) is 10.0. The summed E-state index contributed by atoms with van der Waals surface area (Å²) in [5.41, 5.74) is 1.12. The molecule has 0 spiro atoms. The van der Waals surface area contributed by atoms with Crippen LogP contribution in [0.5, 0.6) is 0 Å². The minimum Gasteiger partial charge on any atom is -0.360 e. The van der Waals surface area contributed by atoms with E-state index in [0.717, 1.165) is 5.56 Å². The average Bonchev–Trinajstić information content (AvgIpc) is 2.45. The van der Waals surface area contributed by atoms with Crippen molar-refractivity contribution in [3.8, 4) is 0 Å². The molecule has 0 unspecified atom stereocenters. The van der Waals surface area contributed by atoms with Crippen molar-refractivity contribution in [3.05, 3.63) is 50.7 Å². The first-order valence-corrected chi connectivity index (χ1v) is 6.58. The highest BCUT2D eigenvalue weighted by molar-refractivity contribution is 6.30. The van der Waals surface area contributed by atoms with E-state index in [1.54, 1.807) is 26.1 Å². The lowest BCUT2D eigenvalue weighted by molar-refractivity contribution is -0.385. The fourth-order valence-corrected chi connectivity index (χ4v) is 1.93. The maximum absolute atomic E-state index is 11.1. The highest BCUT2D eigenvalue weighted by Gasteiger charge is 2.21. The third kappa shape index (κ3) is 3.57. The van der Waals surface area contributed by atoms with Gasteiger partial charge in [-0.3, -0.25) is 10.1 Å². The zero-order chi connectivity index (χ0) is 15.4. The lowest BCUT2D eigenvalue weighted by Gasteiger charge is -2.09. The summed E-state index contributed by atoms with van der Waals surface area (Å²) >= 11 is 5.82. The van der Waals surface area contributed by atoms with Gasteiger partial charge < -0.3 is 10.6 Å². The fourth-order valence-electron chi connectivity index (χ4n) is 1.81. The van der Waals surface area contributed by atoms with E-state index in [1.807, 2.05) is 12.1 Å². The van der Waals surface area contributed by atoms with Crippen molar-refractivity contribution in [2.45, 2.75) is 13.5 Å². The number of halogens is 1. The molecule has 8 heteroatoms. The molecule has 0 atom stereocenters. The number of rotatable bonds is 5. The van der Waals surface area contributed by atoms with Crippen LogP contribution in [-0.4, -0.2) is 21.9 Å². The second-order valence-corrected chi connectivity index (χ2v) is 4.75. The molecule has 2 rings (SSSR count). The fraction of sp³-hybridized carbons (Fsp3) is 0.231. The summed E-state index contributed by atoms with van der Waals surface area (Å²) in [4.78, 5) is 18.8. The van der Waals surface area contributed by atoms with Crippen molar-refractivity contribution in [2.24, 2.45) is 0 Å². The number of hydrogen-bond acceptors (Lipinski definition) is 6. The molecule has 0 radical (unpaired) electrons. The van der Waals surface area contributed by atoms with Gasteiger partial charge in [0.25, 0.3) is 0 Å². The zero-order valence-corrected chi connectivity index (χ0v) is 12.3. The average molecular weight is 308 g/mol. The molecule has 21 heavy (non-hydrogen) atoms. The van der Waals surface area contributed by atoms with Crippen molar-refractivity contribution in [1.82, 2.24) is 9.97 Å². The van der Waals surface area contributed by atoms with Crippen LogP contribution in [0.25, 0.3) is 0 Å². The quantitative estimate of drug-likeness (QED) is 0.651. The summed E-state index contributed by atoms with van der Waals surface area (Å²) in [7, 11) is 1.66. The van der Waals surface area contributed by atoms with E-state index in [4.69, 9.17) is 11.6 Å². The van der Waals surface area contributed by atoms with Crippen LogP contribution in [0.4, 0.5) is 17.5 Å². The molecule has 0 saturated heterocycles. The number of nitrogens with one attached hydrogen (secondary N) is 2. The monoisotopic (exact) mass is 307 g/mol. The van der Waals surface area contributed by atoms with Crippen LogP contribution in [0.2, 0.25) is 5.02 Å². The van der Waals surface area contributed by atoms with Crippen molar-refractivity contribution in [3.63, 3.8) is 0 Å². The zero-order valence-electron chi connectivity index (χ0n) is 11.6. The highest BCUT2D eigenvalue weighted by atomic mass is 35.5. The number of aromatic nitrogens is 2. The van der Waals surface area contributed by atoms with E-state index in [2.05, 4.69) is 20.6 Å². The van der Waals surface area contributed by atoms with Gasteiger partial charge in [-0.25, -0.2) is 4.98 Å². The van der Waals surface area contributed by atoms with Gasteiger partial charge in [-0.15, -0.1) is 0 Å². The smallest absolute Gasteiger partial charge is 0.332 e. The van der Waals surface area contributed by atoms with Crippen LogP contribution in [0.15, 0.2) is 24.3 Å². The molecule has 2 N–H and O–H groups in total. The second-order valence-electron chi connectivity index (χ2n) is 4.32. The van der Waals surface area contributed by atoms with Crippen LogP contribution >= 0.6 is 11.6 Å². The molecule has 0 fully saturated rings. The topological polar surface area (TPSA) is 93.0 Å². The van der Waals surface area contributed by atoms with Gasteiger partial charge >= 0.3 is 5.69 Å². The van der Waals surface area contributed by atoms with Gasteiger partial charge in [-0.05, 0) is 24.6 Å². The van der Waals surface area contributed by atoms with E-state index >= 15 is 0 Å². The number of benzene rings is 1. The summed E-state index contributed by atoms with van der Waals surface area (Å²) in [6, 6.07) is 7.21. The molecule has 0 aliphatic carbocycles. The van der Waals surface area contributed by atoms with Crippen molar-refractivity contribution in [2.75, 3.05) is 17.7 Å². The Bertz CT molecular complexity index is 660. The standard InChI is InChI=1S/C13H14ClN5O2/c1-8-11(19(20)21)12(18-13(15-2)17-8)16-7-9-3-5-10(14)6-4-9/h3-6H,7H2,1-2H3,(H2,15,16,17,18). The molecule has 0 aliphatic heterocycles. The van der Waals surface area contributed by atoms with E-state index in [0.29, 0.717) is 23.2 Å². The first-order valence-electron chi connectivity index (χ1n) is 6.20. The van der Waals surface area contributed by atoms with Gasteiger partial charge in [-0.1, -0.05) is 23.7 Å². The molecule has 1 heterocycles. The Labute approximate surface area is 126 Å². The Balaban J connectivity index is 2.27. The maximum atomic E-state index is 11.1. The van der Waals surface area contributed by atoms with Gasteiger partial charge in [-0.2, -0.15) is 4.98 Å². The number of aryl methyl sites for hydroxylation is 1. The molecular formula is C13H14ClN5O2. The largest absolute Gasteiger partial charge is 0.360 e. The Kier molecular flexibility index (Phi) is 4.54. The van der Waals surface area contributed by atoms with E-state index in [9.17, 15) is 10.1 Å². The van der Waals surface area contributed by atoms with Gasteiger partial charge in [0.1, 0.15) is 5.69 Å². The summed E-state index contributed by atoms with van der Waals surface area (Å²) in [6.07, 6.45) is 0. The number of hydrogen-bond donors (Lipinski definition) is 2. The molecule has 1 aromatic heterocycles. The predicted molar refractivity (Wildman–Crippen MR) is 81.7 cm³/mol. The van der Waals surface area contributed by atoms with E-state index in [1.165, 1.54) is 0 Å². The van der Waals surface area contributed by atoms with Crippen LogP contribution in [0, 0.1) is 17.0 Å². The Hall–Kier alpha value is -2.41. The molecule has 2 aromatic rings. The number of nitrogens with zero attached hydrogens (tertiary/aromatic N) is 3. The summed E-state index contributed by atoms with van der Waals surface area (Å²) in [5.74, 6) is 0.517. The van der Waals surface area contributed by atoms with Crippen molar-refractivity contribution >= 4 is 29.1 Å². The van der Waals surface area contributed by atoms with Crippen LogP contribution in [0.3, 0.4) is 0 Å². The van der Waals surface area contributed by atoms with Crippen molar-refractivity contribution < 1.29 is 4.92 Å². The first kappa shape index (κ1) is 15.0. The SMILES string of the molecule is CNc1nc(C)c([N+](=O)[O-])c(NCc2ccc(Cl)cc2)n1. The summed E-state index contributed by atoms with van der Waals surface area (Å²) in [5, 5.41) is 17.5. The molecule has 1 aromatic carbocycles. The number of nitro groups is 1. The Morgan fingerprint density at radius 3 is 2.52 bits per heavy atom. The number of anilines is 2. The highest BCUT2D eigenvalue weighted by Crippen LogP contribution is 2.26. The maximum Gasteiger partial charge on any atom is 0.332 e. The summed E-state index contributed by atoms with van der Waals surface area (Å²) in [6.45, 7) is 1.98. The Morgan fingerprint density at radius 2 is 1.95 bits per heavy atom. The van der Waals surface area contributed by atoms with E-state index < -0.39 is 4.92 Å². The molecule has 0 saturated carbocycles. The van der Waals surface area contributed by atoms with Gasteiger partial charge in [0.05, 0.1) is 4.92 Å². The molecule has 0 amide bonds. The third-order valence-electron chi connectivity index (χ3n) is 2.84. The van der Waals surface area contributed by atoms with Crippen LogP contribution in [-0.2, 0) is 6.54 Å². The Morgan fingerprint density at radius 1 is 1.29 bits per heavy atom.